The van der Waals surface area contributed by atoms with Crippen molar-refractivity contribution in [3.63, 3.8) is 0 Å². The van der Waals surface area contributed by atoms with Crippen LogP contribution in [0.4, 0.5) is 17.3 Å². The zero-order valence-electron chi connectivity index (χ0n) is 20.1. The number of carbonyl (C=O) groups excluding carboxylic acids is 1. The summed E-state index contributed by atoms with van der Waals surface area (Å²) in [6.45, 7) is 0. The molecule has 6 rings (SSSR count). The lowest BCUT2D eigenvalue weighted by Gasteiger charge is -2.35. The number of aromatic nitrogens is 7. The molecular formula is C24H24N10O3. The van der Waals surface area contributed by atoms with Crippen LogP contribution in [0.25, 0.3) is 17.0 Å². The highest BCUT2D eigenvalue weighted by Crippen LogP contribution is 2.25. The molecule has 188 valence electrons. The number of ether oxygens (including phenoxy) is 1. The van der Waals surface area contributed by atoms with E-state index in [2.05, 4.69) is 36.1 Å². The number of carbonyl (C=O) groups is 1. The van der Waals surface area contributed by atoms with Gasteiger partial charge in [-0.15, -0.1) is 0 Å². The van der Waals surface area contributed by atoms with Crippen LogP contribution in [0.15, 0.2) is 60.0 Å². The van der Waals surface area contributed by atoms with Crippen molar-refractivity contribution < 1.29 is 9.53 Å². The molecule has 1 saturated carbocycles. The standard InChI is InChI=1S/C24H24N10O3/c1-25-21-10-19(31-22-15(11-27-34(21)22)23(35)30-16-6-7-18(16)37-2)29-17-4-3-9-32(24(17)36)14-5-8-20-26-13-28-33(20)12-14/h3-5,8-13,16,18,25H,6-7H2,1-2H3,(H,29,31)(H,30,35)/t16-,18-/m1/s1. The molecule has 2 atom stereocenters. The number of methoxy groups -OCH3 is 1. The van der Waals surface area contributed by atoms with Gasteiger partial charge < -0.3 is 20.7 Å². The number of hydrogen-bond donors (Lipinski definition) is 3. The maximum absolute atomic E-state index is 13.3. The first-order valence-corrected chi connectivity index (χ1v) is 11.7. The fraction of sp³-hybridized carbons (Fsp3) is 0.250. The van der Waals surface area contributed by atoms with Gasteiger partial charge >= 0.3 is 0 Å². The first-order chi connectivity index (χ1) is 18.1. The molecule has 0 spiro atoms. The summed E-state index contributed by atoms with van der Waals surface area (Å²) >= 11 is 0. The van der Waals surface area contributed by atoms with E-state index in [1.54, 1.807) is 65.9 Å². The molecule has 5 heterocycles. The van der Waals surface area contributed by atoms with Crippen molar-refractivity contribution in [1.82, 2.24) is 39.1 Å². The number of nitrogens with zero attached hydrogens (tertiary/aromatic N) is 7. The molecule has 0 radical (unpaired) electrons. The summed E-state index contributed by atoms with van der Waals surface area (Å²) in [6, 6.07) is 8.68. The average molecular weight is 501 g/mol. The molecule has 13 heteroatoms. The second-order valence-corrected chi connectivity index (χ2v) is 8.67. The lowest BCUT2D eigenvalue weighted by molar-refractivity contribution is 0.00732. The van der Waals surface area contributed by atoms with Crippen LogP contribution in [-0.4, -0.2) is 66.0 Å². The monoisotopic (exact) mass is 500 g/mol. The minimum absolute atomic E-state index is 0.00867. The first-order valence-electron chi connectivity index (χ1n) is 11.7. The lowest BCUT2D eigenvalue weighted by Crippen LogP contribution is -2.51. The quantitative estimate of drug-likeness (QED) is 0.303. The van der Waals surface area contributed by atoms with Gasteiger partial charge in [-0.05, 0) is 37.1 Å². The topological polar surface area (TPSA) is 145 Å². The Morgan fingerprint density at radius 2 is 2.08 bits per heavy atom. The van der Waals surface area contributed by atoms with Crippen LogP contribution in [0, 0.1) is 0 Å². The summed E-state index contributed by atoms with van der Waals surface area (Å²) in [5.74, 6) is 0.697. The van der Waals surface area contributed by atoms with Crippen LogP contribution in [0.1, 0.15) is 23.2 Å². The van der Waals surface area contributed by atoms with Crippen molar-refractivity contribution in [2.75, 3.05) is 24.8 Å². The Kier molecular flexibility index (Phi) is 5.53. The minimum Gasteiger partial charge on any atom is -0.379 e. The van der Waals surface area contributed by atoms with Gasteiger partial charge in [0.1, 0.15) is 29.2 Å². The van der Waals surface area contributed by atoms with E-state index in [0.717, 1.165) is 12.8 Å². The third-order valence-corrected chi connectivity index (χ3v) is 6.55. The minimum atomic E-state index is -0.281. The van der Waals surface area contributed by atoms with Crippen molar-refractivity contribution in [3.8, 4) is 5.69 Å². The largest absolute Gasteiger partial charge is 0.379 e. The van der Waals surface area contributed by atoms with Gasteiger partial charge in [0.15, 0.2) is 11.3 Å². The maximum Gasteiger partial charge on any atom is 0.278 e. The van der Waals surface area contributed by atoms with E-state index >= 15 is 0 Å². The second kappa shape index (κ2) is 9.02. The predicted molar refractivity (Wildman–Crippen MR) is 136 cm³/mol. The smallest absolute Gasteiger partial charge is 0.278 e. The fourth-order valence-electron chi connectivity index (χ4n) is 4.41. The van der Waals surface area contributed by atoms with E-state index in [1.165, 1.54) is 17.1 Å². The molecule has 1 aliphatic rings. The molecule has 37 heavy (non-hydrogen) atoms. The summed E-state index contributed by atoms with van der Waals surface area (Å²) < 4.78 is 10.0. The third-order valence-electron chi connectivity index (χ3n) is 6.55. The molecule has 3 N–H and O–H groups in total. The Morgan fingerprint density at radius 1 is 1.19 bits per heavy atom. The number of nitrogens with one attached hydrogen (secondary N) is 3. The Morgan fingerprint density at radius 3 is 2.86 bits per heavy atom. The Labute approximate surface area is 210 Å². The molecule has 13 nitrogen and oxygen atoms in total. The van der Waals surface area contributed by atoms with E-state index in [-0.39, 0.29) is 23.6 Å². The number of pyridine rings is 2. The summed E-state index contributed by atoms with van der Waals surface area (Å²) in [5, 5.41) is 17.6. The van der Waals surface area contributed by atoms with Crippen LogP contribution in [0.2, 0.25) is 0 Å². The summed E-state index contributed by atoms with van der Waals surface area (Å²) in [5.41, 5.74) is 2.02. The van der Waals surface area contributed by atoms with Gasteiger partial charge in [-0.1, -0.05) is 0 Å². The van der Waals surface area contributed by atoms with Gasteiger partial charge in [-0.25, -0.2) is 14.5 Å². The van der Waals surface area contributed by atoms with E-state index in [0.29, 0.717) is 39.9 Å². The molecule has 1 aliphatic carbocycles. The summed E-state index contributed by atoms with van der Waals surface area (Å²) in [4.78, 5) is 35.1. The zero-order valence-corrected chi connectivity index (χ0v) is 20.1. The van der Waals surface area contributed by atoms with Crippen molar-refractivity contribution in [3.05, 3.63) is 71.2 Å². The van der Waals surface area contributed by atoms with Gasteiger partial charge in [0.25, 0.3) is 11.5 Å². The predicted octanol–water partition coefficient (Wildman–Crippen LogP) is 1.62. The van der Waals surface area contributed by atoms with E-state index in [1.807, 2.05) is 0 Å². The van der Waals surface area contributed by atoms with Crippen molar-refractivity contribution >= 4 is 34.5 Å². The highest BCUT2D eigenvalue weighted by atomic mass is 16.5. The van der Waals surface area contributed by atoms with E-state index in [4.69, 9.17) is 4.74 Å². The maximum atomic E-state index is 13.3. The molecule has 0 bridgehead atoms. The molecule has 5 aromatic heterocycles. The van der Waals surface area contributed by atoms with Crippen LogP contribution in [0.5, 0.6) is 0 Å². The molecule has 0 unspecified atom stereocenters. The van der Waals surface area contributed by atoms with Gasteiger partial charge in [-0.2, -0.15) is 14.7 Å². The zero-order chi connectivity index (χ0) is 25.5. The lowest BCUT2D eigenvalue weighted by atomic mass is 9.89. The van der Waals surface area contributed by atoms with Gasteiger partial charge in [-0.3, -0.25) is 14.2 Å². The number of fused-ring (bicyclic) bond motifs is 2. The SMILES string of the molecule is CNc1cc(Nc2cccn(-c3ccc4ncnn4c3)c2=O)nc2c(C(=O)N[C@@H]3CC[C@H]3OC)cnn12. The van der Waals surface area contributed by atoms with Crippen molar-refractivity contribution in [1.29, 1.82) is 0 Å². The number of rotatable bonds is 7. The normalized spacial score (nSPS) is 17.0. The third kappa shape index (κ3) is 3.94. The molecule has 0 saturated heterocycles. The molecule has 1 amide bonds. The number of hydrogen-bond acceptors (Lipinski definition) is 9. The van der Waals surface area contributed by atoms with Gasteiger partial charge in [0.2, 0.25) is 0 Å². The van der Waals surface area contributed by atoms with Crippen molar-refractivity contribution in [2.24, 2.45) is 0 Å². The van der Waals surface area contributed by atoms with E-state index < -0.39 is 0 Å². The molecule has 5 aromatic rings. The average Bonchev–Trinajstić information content (AvgIpc) is 3.54. The first kappa shape index (κ1) is 22.7. The second-order valence-electron chi connectivity index (χ2n) is 8.67. The Bertz CT molecular complexity index is 1690. The van der Waals surface area contributed by atoms with Crippen molar-refractivity contribution in [2.45, 2.75) is 25.0 Å². The molecular weight excluding hydrogens is 476 g/mol. The number of anilines is 3. The fourth-order valence-corrected chi connectivity index (χ4v) is 4.41. The number of amides is 1. The van der Waals surface area contributed by atoms with Crippen LogP contribution in [0.3, 0.4) is 0 Å². The van der Waals surface area contributed by atoms with Crippen LogP contribution < -0.4 is 21.5 Å². The molecule has 0 aliphatic heterocycles. The highest BCUT2D eigenvalue weighted by molar-refractivity contribution is 6.00. The van der Waals surface area contributed by atoms with E-state index in [9.17, 15) is 9.59 Å². The highest BCUT2D eigenvalue weighted by Gasteiger charge is 2.33. The van der Waals surface area contributed by atoms with Crippen LogP contribution >= 0.6 is 0 Å². The van der Waals surface area contributed by atoms with Crippen LogP contribution in [-0.2, 0) is 4.74 Å². The van der Waals surface area contributed by atoms with Gasteiger partial charge in [0, 0.05) is 26.4 Å². The Balaban J connectivity index is 1.34. The molecule has 1 fully saturated rings. The van der Waals surface area contributed by atoms with Gasteiger partial charge in [0.05, 0.1) is 30.2 Å². The summed E-state index contributed by atoms with van der Waals surface area (Å²) in [6.07, 6.45) is 8.11. The summed E-state index contributed by atoms with van der Waals surface area (Å²) in [7, 11) is 3.38. The molecule has 0 aromatic carbocycles. The Hall–Kier alpha value is -4.78.